The van der Waals surface area contributed by atoms with Gasteiger partial charge in [-0.2, -0.15) is 0 Å². The van der Waals surface area contributed by atoms with Crippen molar-refractivity contribution in [2.24, 2.45) is 5.92 Å². The zero-order valence-corrected chi connectivity index (χ0v) is 11.3. The van der Waals surface area contributed by atoms with Crippen LogP contribution >= 0.6 is 0 Å². The Morgan fingerprint density at radius 2 is 1.88 bits per heavy atom. The van der Waals surface area contributed by atoms with Crippen LogP contribution in [-0.4, -0.2) is 10.7 Å². The summed E-state index contributed by atoms with van der Waals surface area (Å²) < 4.78 is 0. The Kier molecular flexibility index (Phi) is 3.58. The number of aryl methyl sites for hydroxylation is 2. The van der Waals surface area contributed by atoms with Crippen molar-refractivity contribution >= 4 is 0 Å². The van der Waals surface area contributed by atoms with Gasteiger partial charge in [0.05, 0.1) is 5.60 Å². The molecule has 0 aromatic heterocycles. The molecule has 1 fully saturated rings. The van der Waals surface area contributed by atoms with Gasteiger partial charge in [-0.25, -0.2) is 0 Å². The predicted octanol–water partition coefficient (Wildman–Crippen LogP) is 3.79. The molecule has 0 amide bonds. The van der Waals surface area contributed by atoms with Gasteiger partial charge in [-0.1, -0.05) is 49.1 Å². The first-order valence-electron chi connectivity index (χ1n) is 6.83. The van der Waals surface area contributed by atoms with Crippen LogP contribution in [0.1, 0.15) is 49.3 Å². The smallest absolute Gasteiger partial charge is 0.0715 e. The molecule has 2 unspecified atom stereocenters. The maximum Gasteiger partial charge on any atom is 0.0715 e. The molecule has 0 heterocycles. The average molecular weight is 232 g/mol. The first-order chi connectivity index (χ1) is 8.03. The summed E-state index contributed by atoms with van der Waals surface area (Å²) in [5.41, 5.74) is 3.45. The van der Waals surface area contributed by atoms with Crippen molar-refractivity contribution in [3.05, 3.63) is 34.9 Å². The number of hydrogen-bond acceptors (Lipinski definition) is 1. The molecule has 1 heteroatoms. The van der Waals surface area contributed by atoms with Crippen LogP contribution in [0.15, 0.2) is 18.2 Å². The lowest BCUT2D eigenvalue weighted by molar-refractivity contribution is 0.00146. The number of aliphatic hydroxyl groups is 1. The Balaban J connectivity index is 2.19. The summed E-state index contributed by atoms with van der Waals surface area (Å²) in [7, 11) is 0. The van der Waals surface area contributed by atoms with Gasteiger partial charge >= 0.3 is 0 Å². The average Bonchev–Trinajstić information content (AvgIpc) is 2.57. The maximum absolute atomic E-state index is 10.8. The van der Waals surface area contributed by atoms with Crippen LogP contribution in [0, 0.1) is 19.8 Å². The SMILES string of the molecule is CCC1CCCC1(O)Cc1cc(C)cc(C)c1. The highest BCUT2D eigenvalue weighted by Crippen LogP contribution is 2.40. The van der Waals surface area contributed by atoms with Crippen LogP contribution in [0.5, 0.6) is 0 Å². The molecule has 0 saturated heterocycles. The molecule has 1 aliphatic rings. The molecule has 17 heavy (non-hydrogen) atoms. The number of rotatable bonds is 3. The molecule has 0 radical (unpaired) electrons. The van der Waals surface area contributed by atoms with Crippen molar-refractivity contribution in [3.63, 3.8) is 0 Å². The molecule has 94 valence electrons. The normalized spacial score (nSPS) is 28.6. The highest BCUT2D eigenvalue weighted by Gasteiger charge is 2.39. The van der Waals surface area contributed by atoms with E-state index < -0.39 is 5.60 Å². The van der Waals surface area contributed by atoms with E-state index in [4.69, 9.17) is 0 Å². The second-order valence-corrected chi connectivity index (χ2v) is 5.77. The van der Waals surface area contributed by atoms with E-state index in [1.54, 1.807) is 0 Å². The van der Waals surface area contributed by atoms with Crippen LogP contribution in [0.4, 0.5) is 0 Å². The molecular formula is C16H24O. The van der Waals surface area contributed by atoms with Crippen LogP contribution in [0.3, 0.4) is 0 Å². The van der Waals surface area contributed by atoms with E-state index in [2.05, 4.69) is 39.0 Å². The van der Waals surface area contributed by atoms with E-state index >= 15 is 0 Å². The van der Waals surface area contributed by atoms with Crippen molar-refractivity contribution in [2.75, 3.05) is 0 Å². The van der Waals surface area contributed by atoms with E-state index in [1.165, 1.54) is 29.5 Å². The van der Waals surface area contributed by atoms with Crippen molar-refractivity contribution in [3.8, 4) is 0 Å². The molecule has 1 aromatic rings. The fourth-order valence-electron chi connectivity index (χ4n) is 3.47. The zero-order chi connectivity index (χ0) is 12.5. The second kappa shape index (κ2) is 4.81. The molecule has 2 rings (SSSR count). The van der Waals surface area contributed by atoms with Crippen molar-refractivity contribution < 1.29 is 5.11 Å². The van der Waals surface area contributed by atoms with Gasteiger partial charge in [0.2, 0.25) is 0 Å². The number of benzene rings is 1. The Labute approximate surface area is 105 Å². The molecule has 1 saturated carbocycles. The molecule has 1 aliphatic carbocycles. The summed E-state index contributed by atoms with van der Waals surface area (Å²) in [5, 5.41) is 10.8. The summed E-state index contributed by atoms with van der Waals surface area (Å²) in [4.78, 5) is 0. The highest BCUT2D eigenvalue weighted by atomic mass is 16.3. The van der Waals surface area contributed by atoms with E-state index in [9.17, 15) is 5.11 Å². The Morgan fingerprint density at radius 1 is 1.24 bits per heavy atom. The predicted molar refractivity (Wildman–Crippen MR) is 72.2 cm³/mol. The summed E-state index contributed by atoms with van der Waals surface area (Å²) >= 11 is 0. The minimum absolute atomic E-state index is 0.449. The van der Waals surface area contributed by atoms with E-state index in [0.29, 0.717) is 5.92 Å². The van der Waals surface area contributed by atoms with Gasteiger partial charge in [0.25, 0.3) is 0 Å². The molecular weight excluding hydrogens is 208 g/mol. The van der Waals surface area contributed by atoms with Gasteiger partial charge in [-0.05, 0) is 38.2 Å². The summed E-state index contributed by atoms with van der Waals surface area (Å²) in [6.07, 6.45) is 5.27. The largest absolute Gasteiger partial charge is 0.389 e. The van der Waals surface area contributed by atoms with Crippen molar-refractivity contribution in [2.45, 2.75) is 58.5 Å². The minimum Gasteiger partial charge on any atom is -0.389 e. The molecule has 2 atom stereocenters. The van der Waals surface area contributed by atoms with Crippen LogP contribution < -0.4 is 0 Å². The lowest BCUT2D eigenvalue weighted by Crippen LogP contribution is -2.35. The standard InChI is InChI=1S/C16H24O/c1-4-15-6-5-7-16(15,17)11-14-9-12(2)8-13(3)10-14/h8-10,15,17H,4-7,11H2,1-3H3. The third kappa shape index (κ3) is 2.71. The van der Waals surface area contributed by atoms with E-state index in [-0.39, 0.29) is 0 Å². The molecule has 0 bridgehead atoms. The van der Waals surface area contributed by atoms with Gasteiger partial charge in [-0.3, -0.25) is 0 Å². The first kappa shape index (κ1) is 12.6. The van der Waals surface area contributed by atoms with Crippen LogP contribution in [0.25, 0.3) is 0 Å². The lowest BCUT2D eigenvalue weighted by Gasteiger charge is -2.30. The maximum atomic E-state index is 10.8. The number of hydrogen-bond donors (Lipinski definition) is 1. The fraction of sp³-hybridized carbons (Fsp3) is 0.625. The van der Waals surface area contributed by atoms with Crippen molar-refractivity contribution in [1.29, 1.82) is 0 Å². The van der Waals surface area contributed by atoms with Gasteiger partial charge in [0.1, 0.15) is 0 Å². The third-order valence-electron chi connectivity index (χ3n) is 4.21. The lowest BCUT2D eigenvalue weighted by atomic mass is 9.83. The Morgan fingerprint density at radius 3 is 2.47 bits per heavy atom. The zero-order valence-electron chi connectivity index (χ0n) is 11.3. The van der Waals surface area contributed by atoms with Gasteiger partial charge in [0, 0.05) is 6.42 Å². The quantitative estimate of drug-likeness (QED) is 0.840. The third-order valence-corrected chi connectivity index (χ3v) is 4.21. The molecule has 0 spiro atoms. The molecule has 0 aliphatic heterocycles. The van der Waals surface area contributed by atoms with Gasteiger partial charge in [-0.15, -0.1) is 0 Å². The van der Waals surface area contributed by atoms with Crippen molar-refractivity contribution in [1.82, 2.24) is 0 Å². The molecule has 1 aromatic carbocycles. The first-order valence-corrected chi connectivity index (χ1v) is 6.83. The summed E-state index contributed by atoms with van der Waals surface area (Å²) in [5.74, 6) is 0.489. The highest BCUT2D eigenvalue weighted by molar-refractivity contribution is 5.29. The topological polar surface area (TPSA) is 20.2 Å². The van der Waals surface area contributed by atoms with E-state index in [1.807, 2.05) is 0 Å². The van der Waals surface area contributed by atoms with Gasteiger partial charge in [0.15, 0.2) is 0 Å². The molecule has 1 nitrogen and oxygen atoms in total. The monoisotopic (exact) mass is 232 g/mol. The van der Waals surface area contributed by atoms with Gasteiger partial charge < -0.3 is 5.11 Å². The summed E-state index contributed by atoms with van der Waals surface area (Å²) in [6, 6.07) is 6.63. The fourth-order valence-corrected chi connectivity index (χ4v) is 3.47. The van der Waals surface area contributed by atoms with Crippen LogP contribution in [-0.2, 0) is 6.42 Å². The Hall–Kier alpha value is -0.820. The minimum atomic E-state index is -0.449. The molecule has 1 N–H and O–H groups in total. The van der Waals surface area contributed by atoms with Crippen LogP contribution in [0.2, 0.25) is 0 Å². The summed E-state index contributed by atoms with van der Waals surface area (Å²) in [6.45, 7) is 6.46. The second-order valence-electron chi connectivity index (χ2n) is 5.77. The Bertz CT molecular complexity index is 376. The van der Waals surface area contributed by atoms with E-state index in [0.717, 1.165) is 19.3 Å².